The molecule has 0 saturated carbocycles. The van der Waals surface area contributed by atoms with Gasteiger partial charge in [-0.1, -0.05) is 0 Å². The molecule has 6 heteroatoms. The van der Waals surface area contributed by atoms with Crippen molar-refractivity contribution in [2.24, 2.45) is 0 Å². The summed E-state index contributed by atoms with van der Waals surface area (Å²) in [4.78, 5) is 21.3. The Morgan fingerprint density at radius 1 is 1.38 bits per heavy atom. The Bertz CT molecular complexity index is 197. The molecule has 2 amide bonds. The number of carbonyl (C=O) groups is 2. The second-order valence-electron chi connectivity index (χ2n) is 3.38. The van der Waals surface area contributed by atoms with E-state index >= 15 is 0 Å². The van der Waals surface area contributed by atoms with Gasteiger partial charge in [-0.05, 0) is 20.8 Å². The molecule has 0 aromatic carbocycles. The first-order valence-electron chi connectivity index (χ1n) is 3.75. The van der Waals surface area contributed by atoms with E-state index in [1.54, 1.807) is 20.8 Å². The number of hydroxylamine groups is 1. The Morgan fingerprint density at radius 2 is 1.92 bits per heavy atom. The summed E-state index contributed by atoms with van der Waals surface area (Å²) >= 11 is 0. The fraction of sp³-hybridized carbons (Fsp3) is 0.714. The molecule has 0 aliphatic carbocycles. The Hall–Kier alpha value is -1.30. The minimum Gasteiger partial charge on any atom is -0.459 e. The average molecular weight is 190 g/mol. The molecular formula is C7H14N2O4. The molecule has 0 aliphatic heterocycles. The van der Waals surface area contributed by atoms with Crippen molar-refractivity contribution in [3.8, 4) is 0 Å². The lowest BCUT2D eigenvalue weighted by atomic mass is 10.2. The van der Waals surface area contributed by atoms with Gasteiger partial charge >= 0.3 is 12.0 Å². The number of rotatable bonds is 2. The van der Waals surface area contributed by atoms with Crippen molar-refractivity contribution in [3.05, 3.63) is 0 Å². The van der Waals surface area contributed by atoms with Crippen LogP contribution in [-0.4, -0.2) is 29.4 Å². The summed E-state index contributed by atoms with van der Waals surface area (Å²) in [6.07, 6.45) is 0. The first-order chi connectivity index (χ1) is 5.85. The summed E-state index contributed by atoms with van der Waals surface area (Å²) < 4.78 is 4.87. The van der Waals surface area contributed by atoms with Crippen LogP contribution in [0.3, 0.4) is 0 Å². The quantitative estimate of drug-likeness (QED) is 0.325. The molecule has 0 aliphatic rings. The summed E-state index contributed by atoms with van der Waals surface area (Å²) in [5, 5.41) is 10.1. The number of ether oxygens (including phenoxy) is 1. The van der Waals surface area contributed by atoms with Crippen LogP contribution in [0.5, 0.6) is 0 Å². The molecule has 0 heterocycles. The van der Waals surface area contributed by atoms with Crippen LogP contribution >= 0.6 is 0 Å². The minimum atomic E-state index is -0.842. The fourth-order valence-corrected chi connectivity index (χ4v) is 0.570. The van der Waals surface area contributed by atoms with Crippen LogP contribution in [-0.2, 0) is 9.53 Å². The van der Waals surface area contributed by atoms with E-state index in [-0.39, 0.29) is 6.54 Å². The van der Waals surface area contributed by atoms with E-state index < -0.39 is 17.6 Å². The highest BCUT2D eigenvalue weighted by atomic mass is 16.6. The maximum absolute atomic E-state index is 10.9. The van der Waals surface area contributed by atoms with Crippen molar-refractivity contribution in [2.45, 2.75) is 26.4 Å². The largest absolute Gasteiger partial charge is 0.459 e. The second-order valence-corrected chi connectivity index (χ2v) is 3.38. The Morgan fingerprint density at radius 3 is 2.31 bits per heavy atom. The summed E-state index contributed by atoms with van der Waals surface area (Å²) in [5.74, 6) is -0.559. The van der Waals surface area contributed by atoms with Crippen LogP contribution in [0.25, 0.3) is 0 Å². The monoisotopic (exact) mass is 190 g/mol. The van der Waals surface area contributed by atoms with Crippen molar-refractivity contribution in [3.63, 3.8) is 0 Å². The highest BCUT2D eigenvalue weighted by molar-refractivity contribution is 5.80. The second kappa shape index (κ2) is 4.66. The van der Waals surface area contributed by atoms with Gasteiger partial charge < -0.3 is 10.1 Å². The van der Waals surface area contributed by atoms with Crippen LogP contribution in [0.15, 0.2) is 0 Å². The molecule has 13 heavy (non-hydrogen) atoms. The molecule has 0 rings (SSSR count). The van der Waals surface area contributed by atoms with Gasteiger partial charge in [-0.2, -0.15) is 0 Å². The third-order valence-electron chi connectivity index (χ3n) is 0.915. The molecule has 6 nitrogen and oxygen atoms in total. The molecule has 0 aromatic rings. The SMILES string of the molecule is CC(C)(C)OC(=O)CNC(=O)NO. The summed E-state index contributed by atoms with van der Waals surface area (Å²) in [7, 11) is 0. The number of hydrogen-bond donors (Lipinski definition) is 3. The van der Waals surface area contributed by atoms with E-state index in [9.17, 15) is 9.59 Å². The van der Waals surface area contributed by atoms with Crippen LogP contribution in [0.1, 0.15) is 20.8 Å². The lowest BCUT2D eigenvalue weighted by Crippen LogP contribution is -2.39. The summed E-state index contributed by atoms with van der Waals surface area (Å²) in [6, 6.07) is -0.842. The summed E-state index contributed by atoms with van der Waals surface area (Å²) in [6.45, 7) is 4.88. The van der Waals surface area contributed by atoms with E-state index in [2.05, 4.69) is 5.32 Å². The van der Waals surface area contributed by atoms with Gasteiger partial charge in [0, 0.05) is 0 Å². The molecule has 76 valence electrons. The van der Waals surface area contributed by atoms with E-state index in [1.165, 1.54) is 5.48 Å². The molecule has 0 aromatic heterocycles. The van der Waals surface area contributed by atoms with Crippen LogP contribution in [0.2, 0.25) is 0 Å². The van der Waals surface area contributed by atoms with Gasteiger partial charge in [-0.25, -0.2) is 10.3 Å². The van der Waals surface area contributed by atoms with Crippen molar-refractivity contribution in [1.29, 1.82) is 0 Å². The Labute approximate surface area is 76.2 Å². The van der Waals surface area contributed by atoms with Crippen molar-refractivity contribution >= 4 is 12.0 Å². The molecule has 0 spiro atoms. The predicted octanol–water partition coefficient (Wildman–Crippen LogP) is 0.0165. The standard InChI is InChI=1S/C7H14N2O4/c1-7(2,3)13-5(10)4-8-6(11)9-12/h12H,4H2,1-3H3,(H2,8,9,11). The molecule has 0 fully saturated rings. The van der Waals surface area contributed by atoms with Crippen molar-refractivity contribution in [1.82, 2.24) is 10.8 Å². The third-order valence-corrected chi connectivity index (χ3v) is 0.915. The van der Waals surface area contributed by atoms with E-state index in [4.69, 9.17) is 9.94 Å². The zero-order valence-corrected chi connectivity index (χ0v) is 7.88. The van der Waals surface area contributed by atoms with Crippen molar-refractivity contribution in [2.75, 3.05) is 6.54 Å². The van der Waals surface area contributed by atoms with Gasteiger partial charge in [-0.15, -0.1) is 0 Å². The lowest BCUT2D eigenvalue weighted by Gasteiger charge is -2.19. The molecule has 0 saturated heterocycles. The van der Waals surface area contributed by atoms with Crippen LogP contribution < -0.4 is 10.8 Å². The molecular weight excluding hydrogens is 176 g/mol. The predicted molar refractivity (Wildman–Crippen MR) is 44.2 cm³/mol. The van der Waals surface area contributed by atoms with E-state index in [1.807, 2.05) is 0 Å². The number of urea groups is 1. The van der Waals surface area contributed by atoms with Gasteiger partial charge in [0.25, 0.3) is 0 Å². The number of hydrogen-bond acceptors (Lipinski definition) is 4. The zero-order valence-electron chi connectivity index (χ0n) is 7.88. The van der Waals surface area contributed by atoms with Gasteiger partial charge in [0.05, 0.1) is 0 Å². The smallest absolute Gasteiger partial charge is 0.339 e. The van der Waals surface area contributed by atoms with Gasteiger partial charge in [0.15, 0.2) is 0 Å². The molecule has 0 bridgehead atoms. The third kappa shape index (κ3) is 7.07. The number of esters is 1. The van der Waals surface area contributed by atoms with Crippen molar-refractivity contribution < 1.29 is 19.5 Å². The van der Waals surface area contributed by atoms with Gasteiger partial charge in [0.2, 0.25) is 0 Å². The number of carbonyl (C=O) groups excluding carboxylic acids is 2. The van der Waals surface area contributed by atoms with E-state index in [0.29, 0.717) is 0 Å². The molecule has 0 unspecified atom stereocenters. The summed E-state index contributed by atoms with van der Waals surface area (Å²) in [5.41, 5.74) is 0.750. The number of amides is 2. The van der Waals surface area contributed by atoms with Gasteiger partial charge in [-0.3, -0.25) is 10.0 Å². The van der Waals surface area contributed by atoms with Crippen LogP contribution in [0.4, 0.5) is 4.79 Å². The van der Waals surface area contributed by atoms with E-state index in [0.717, 1.165) is 0 Å². The topological polar surface area (TPSA) is 87.7 Å². The number of nitrogens with one attached hydrogen (secondary N) is 2. The molecule has 3 N–H and O–H groups in total. The molecule has 0 radical (unpaired) electrons. The average Bonchev–Trinajstić information content (AvgIpc) is 1.97. The molecule has 0 atom stereocenters. The lowest BCUT2D eigenvalue weighted by molar-refractivity contribution is -0.153. The fourth-order valence-electron chi connectivity index (χ4n) is 0.570. The Kier molecular flexibility index (Phi) is 4.19. The Balaban J connectivity index is 3.71. The van der Waals surface area contributed by atoms with Gasteiger partial charge in [0.1, 0.15) is 12.1 Å². The highest BCUT2D eigenvalue weighted by Gasteiger charge is 2.16. The minimum absolute atomic E-state index is 0.274. The maximum atomic E-state index is 10.9. The van der Waals surface area contributed by atoms with Crippen LogP contribution in [0, 0.1) is 0 Å². The normalized spacial score (nSPS) is 10.5. The first kappa shape index (κ1) is 11.7. The zero-order chi connectivity index (χ0) is 10.5. The maximum Gasteiger partial charge on any atom is 0.339 e. The highest BCUT2D eigenvalue weighted by Crippen LogP contribution is 2.05. The first-order valence-corrected chi connectivity index (χ1v) is 3.75.